The fourth-order valence-electron chi connectivity index (χ4n) is 2.14. The van der Waals surface area contributed by atoms with E-state index in [9.17, 15) is 9.90 Å². The van der Waals surface area contributed by atoms with Gasteiger partial charge in [0.05, 0.1) is 0 Å². The number of nitrogens with zero attached hydrogens (tertiary/aromatic N) is 3. The van der Waals surface area contributed by atoms with Gasteiger partial charge in [-0.1, -0.05) is 29.8 Å². The van der Waals surface area contributed by atoms with E-state index in [1.807, 2.05) is 17.7 Å². The molecule has 2 N–H and O–H groups in total. The predicted molar refractivity (Wildman–Crippen MR) is 87.4 cm³/mol. The molecule has 0 fully saturated rings. The van der Waals surface area contributed by atoms with Crippen molar-refractivity contribution < 1.29 is 9.90 Å². The maximum atomic E-state index is 11.9. The third-order valence-corrected chi connectivity index (χ3v) is 4.16. The number of aromatic amines is 1. The quantitative estimate of drug-likeness (QED) is 0.427. The van der Waals surface area contributed by atoms with Crippen LogP contribution >= 0.6 is 11.3 Å². The molecule has 0 unspecified atom stereocenters. The lowest BCUT2D eigenvalue weighted by Gasteiger charge is -2.04. The van der Waals surface area contributed by atoms with Crippen molar-refractivity contribution in [1.82, 2.24) is 20.6 Å². The standard InChI is InChI=1S/C16H14N4O2S/c1-10-2-4-11(5-3-10)6-12-8-23-9-13(12)14(21)7-15(22)16-17-19-20-18-16/h2-5,7-9,21H,6H2,1H3,(H,17,18,19,20). The summed E-state index contributed by atoms with van der Waals surface area (Å²) in [7, 11) is 0. The molecule has 0 aliphatic rings. The van der Waals surface area contributed by atoms with Crippen molar-refractivity contribution in [2.45, 2.75) is 13.3 Å². The lowest BCUT2D eigenvalue weighted by molar-refractivity contribution is 0.103. The van der Waals surface area contributed by atoms with Crippen molar-refractivity contribution in [3.8, 4) is 0 Å². The molecule has 7 heteroatoms. The molecule has 3 rings (SSSR count). The topological polar surface area (TPSA) is 91.8 Å². The molecule has 1 aromatic carbocycles. The van der Waals surface area contributed by atoms with Crippen molar-refractivity contribution in [3.05, 3.63) is 69.2 Å². The van der Waals surface area contributed by atoms with Crippen molar-refractivity contribution in [3.63, 3.8) is 0 Å². The number of tetrazole rings is 1. The van der Waals surface area contributed by atoms with Crippen LogP contribution in [0.15, 0.2) is 41.1 Å². The highest BCUT2D eigenvalue weighted by Gasteiger charge is 2.13. The molecule has 0 bridgehead atoms. The zero-order valence-corrected chi connectivity index (χ0v) is 13.2. The average molecular weight is 326 g/mol. The number of carbonyl (C=O) groups excluding carboxylic acids is 1. The van der Waals surface area contributed by atoms with Crippen molar-refractivity contribution in [2.24, 2.45) is 0 Å². The van der Waals surface area contributed by atoms with Gasteiger partial charge < -0.3 is 5.11 Å². The number of H-pyrrole nitrogens is 1. The predicted octanol–water partition coefficient (Wildman–Crippen LogP) is 2.94. The minimum Gasteiger partial charge on any atom is -0.507 e. The smallest absolute Gasteiger partial charge is 0.244 e. The summed E-state index contributed by atoms with van der Waals surface area (Å²) in [5.41, 5.74) is 3.96. The highest BCUT2D eigenvalue weighted by Crippen LogP contribution is 2.24. The van der Waals surface area contributed by atoms with E-state index in [1.54, 1.807) is 0 Å². The molecule has 0 aliphatic carbocycles. The molecule has 2 aromatic heterocycles. The molecular formula is C16H14N4O2S. The number of thiophene rings is 1. The van der Waals surface area contributed by atoms with Gasteiger partial charge in [0.25, 0.3) is 0 Å². The third kappa shape index (κ3) is 3.51. The van der Waals surface area contributed by atoms with E-state index in [4.69, 9.17) is 0 Å². The first-order valence-corrected chi connectivity index (χ1v) is 7.87. The van der Waals surface area contributed by atoms with E-state index in [0.717, 1.165) is 17.2 Å². The fourth-order valence-corrected chi connectivity index (χ4v) is 2.99. The van der Waals surface area contributed by atoms with Crippen LogP contribution in [0, 0.1) is 6.92 Å². The van der Waals surface area contributed by atoms with Gasteiger partial charge in [-0.3, -0.25) is 4.79 Å². The molecular weight excluding hydrogens is 312 g/mol. The minimum absolute atomic E-state index is 0.0770. The van der Waals surface area contributed by atoms with E-state index in [-0.39, 0.29) is 11.6 Å². The Labute approximate surface area is 136 Å². The number of allylic oxidation sites excluding steroid dienone is 1. The molecule has 23 heavy (non-hydrogen) atoms. The Morgan fingerprint density at radius 1 is 1.30 bits per heavy atom. The Bertz CT molecular complexity index is 835. The normalized spacial score (nSPS) is 11.6. The molecule has 0 saturated carbocycles. The number of aromatic nitrogens is 4. The number of aliphatic hydroxyl groups is 1. The monoisotopic (exact) mass is 326 g/mol. The molecule has 6 nitrogen and oxygen atoms in total. The van der Waals surface area contributed by atoms with Gasteiger partial charge in [-0.05, 0) is 35.1 Å². The van der Waals surface area contributed by atoms with Gasteiger partial charge in [0, 0.05) is 17.0 Å². The molecule has 3 aromatic rings. The maximum absolute atomic E-state index is 11.9. The third-order valence-electron chi connectivity index (χ3n) is 3.37. The van der Waals surface area contributed by atoms with Crippen LogP contribution in [0.3, 0.4) is 0 Å². The van der Waals surface area contributed by atoms with E-state index >= 15 is 0 Å². The first-order chi connectivity index (χ1) is 11.1. The number of carbonyl (C=O) groups is 1. The Morgan fingerprint density at radius 2 is 2.09 bits per heavy atom. The van der Waals surface area contributed by atoms with Crippen molar-refractivity contribution >= 4 is 22.9 Å². The van der Waals surface area contributed by atoms with E-state index in [0.29, 0.717) is 12.0 Å². The molecule has 0 radical (unpaired) electrons. The molecule has 116 valence electrons. The number of aliphatic hydroxyl groups excluding tert-OH is 1. The molecule has 0 spiro atoms. The average Bonchev–Trinajstić information content (AvgIpc) is 3.20. The first kappa shape index (κ1) is 15.1. The van der Waals surface area contributed by atoms with Crippen LogP contribution < -0.4 is 0 Å². The second-order valence-electron chi connectivity index (χ2n) is 5.10. The number of hydrogen-bond acceptors (Lipinski definition) is 6. The van der Waals surface area contributed by atoms with Gasteiger partial charge in [0.1, 0.15) is 5.76 Å². The van der Waals surface area contributed by atoms with Crippen LogP contribution in [0.5, 0.6) is 0 Å². The van der Waals surface area contributed by atoms with E-state index in [2.05, 4.69) is 44.9 Å². The molecule has 0 saturated heterocycles. The van der Waals surface area contributed by atoms with Gasteiger partial charge in [0.2, 0.25) is 11.6 Å². The summed E-state index contributed by atoms with van der Waals surface area (Å²) < 4.78 is 0. The summed E-state index contributed by atoms with van der Waals surface area (Å²) in [6, 6.07) is 8.22. The zero-order chi connectivity index (χ0) is 16.2. The molecule has 0 aliphatic heterocycles. The largest absolute Gasteiger partial charge is 0.507 e. The summed E-state index contributed by atoms with van der Waals surface area (Å²) >= 11 is 1.48. The van der Waals surface area contributed by atoms with Crippen LogP contribution in [0.4, 0.5) is 0 Å². The summed E-state index contributed by atoms with van der Waals surface area (Å²) in [4.78, 5) is 11.9. The highest BCUT2D eigenvalue weighted by atomic mass is 32.1. The van der Waals surface area contributed by atoms with Crippen molar-refractivity contribution in [2.75, 3.05) is 0 Å². The Balaban J connectivity index is 1.82. The molecule has 0 amide bonds. The number of aryl methyl sites for hydroxylation is 1. The number of hydrogen-bond donors (Lipinski definition) is 2. The van der Waals surface area contributed by atoms with Crippen LogP contribution in [-0.4, -0.2) is 31.5 Å². The van der Waals surface area contributed by atoms with Crippen LogP contribution in [0.25, 0.3) is 5.76 Å². The lowest BCUT2D eigenvalue weighted by atomic mass is 10.0. The SMILES string of the molecule is Cc1ccc(Cc2cscc2C(O)=CC(=O)c2nn[nH]n2)cc1. The minimum atomic E-state index is -0.497. The van der Waals surface area contributed by atoms with Crippen molar-refractivity contribution in [1.29, 1.82) is 0 Å². The number of ketones is 1. The molecule has 2 heterocycles. The molecule has 0 atom stereocenters. The first-order valence-electron chi connectivity index (χ1n) is 6.93. The van der Waals surface area contributed by atoms with Gasteiger partial charge in [-0.2, -0.15) is 16.6 Å². The highest BCUT2D eigenvalue weighted by molar-refractivity contribution is 7.08. The number of nitrogens with one attached hydrogen (secondary N) is 1. The van der Waals surface area contributed by atoms with Gasteiger partial charge >= 0.3 is 0 Å². The van der Waals surface area contributed by atoms with Gasteiger partial charge in [-0.25, -0.2) is 0 Å². The maximum Gasteiger partial charge on any atom is 0.244 e. The summed E-state index contributed by atoms with van der Waals surface area (Å²) in [5.74, 6) is -0.668. The lowest BCUT2D eigenvalue weighted by Crippen LogP contribution is -2.00. The Hall–Kier alpha value is -2.80. The number of benzene rings is 1. The van der Waals surface area contributed by atoms with Crippen LogP contribution in [0.1, 0.15) is 32.9 Å². The van der Waals surface area contributed by atoms with Gasteiger partial charge in [-0.15, -0.1) is 10.2 Å². The van der Waals surface area contributed by atoms with Crippen LogP contribution in [-0.2, 0) is 6.42 Å². The second kappa shape index (κ2) is 6.53. The zero-order valence-electron chi connectivity index (χ0n) is 12.4. The van der Waals surface area contributed by atoms with Gasteiger partial charge in [0.15, 0.2) is 0 Å². The summed E-state index contributed by atoms with van der Waals surface area (Å²) in [5, 5.41) is 26.8. The van der Waals surface area contributed by atoms with E-state index < -0.39 is 5.78 Å². The summed E-state index contributed by atoms with van der Waals surface area (Å²) in [6.45, 7) is 2.04. The second-order valence-corrected chi connectivity index (χ2v) is 5.85. The Morgan fingerprint density at radius 3 is 2.78 bits per heavy atom. The van der Waals surface area contributed by atoms with Crippen LogP contribution in [0.2, 0.25) is 0 Å². The van der Waals surface area contributed by atoms with E-state index in [1.165, 1.54) is 16.9 Å². The summed E-state index contributed by atoms with van der Waals surface area (Å²) in [6.07, 6.45) is 1.80. The Kier molecular flexibility index (Phi) is 4.29. The fraction of sp³-hybridized carbons (Fsp3) is 0.125. The number of rotatable bonds is 5.